The first-order chi connectivity index (χ1) is 61.6. The van der Waals surface area contributed by atoms with Crippen LogP contribution in [0.3, 0.4) is 0 Å². The number of likely N-dealkylation sites (N-methyl/N-ethyl adjacent to an activating group) is 1. The Bertz CT molecular complexity index is 5680. The average molecular weight is 1830 g/mol. The van der Waals surface area contributed by atoms with Crippen molar-refractivity contribution in [2.24, 2.45) is 18.5 Å². The van der Waals surface area contributed by atoms with Crippen molar-refractivity contribution >= 4 is 119 Å². The molecule has 8 rings (SSSR count). The largest absolute Gasteiger partial charge is 0.468 e. The molecule has 0 bridgehead atoms. The summed E-state index contributed by atoms with van der Waals surface area (Å²) < 4.78 is 88.7. The average Bonchev–Trinajstić information content (AvgIpc) is 1.48. The van der Waals surface area contributed by atoms with Crippen LogP contribution in [0.4, 0.5) is 11.9 Å². The van der Waals surface area contributed by atoms with Gasteiger partial charge in [0.15, 0.2) is 5.71 Å². The number of rotatable bonds is 54. The third kappa shape index (κ3) is 31.1. The highest BCUT2D eigenvalue weighted by molar-refractivity contribution is 7.90. The van der Waals surface area contributed by atoms with Crippen LogP contribution in [0.2, 0.25) is 0 Å². The first-order valence-electron chi connectivity index (χ1n) is 42.5. The van der Waals surface area contributed by atoms with E-state index < -0.39 is 85.5 Å². The Labute approximate surface area is 749 Å². The fourth-order valence-electron chi connectivity index (χ4n) is 14.4. The number of esters is 2. The third-order valence-corrected chi connectivity index (χ3v) is 24.2. The molecule has 41 heteroatoms. The molecule has 1 unspecified atom stereocenters. The number of aromatic nitrogens is 6. The minimum atomic E-state index is -4.46. The van der Waals surface area contributed by atoms with Gasteiger partial charge in [0.1, 0.15) is 17.2 Å². The summed E-state index contributed by atoms with van der Waals surface area (Å²) in [5.74, 6) is -4.54. The number of nitrogens with zero attached hydrogens (tertiary/aromatic N) is 7. The number of hydrogen-bond acceptors (Lipinski definition) is 25. The van der Waals surface area contributed by atoms with Gasteiger partial charge in [-0.3, -0.25) is 52.7 Å². The van der Waals surface area contributed by atoms with Crippen molar-refractivity contribution in [2.75, 3.05) is 111 Å². The topological polar surface area (TPSA) is 512 Å². The van der Waals surface area contributed by atoms with E-state index in [1.54, 1.807) is 138 Å². The lowest BCUT2D eigenvalue weighted by molar-refractivity contribution is -0.142. The van der Waals surface area contributed by atoms with Crippen molar-refractivity contribution in [1.82, 2.24) is 80.8 Å². The second-order valence-electron chi connectivity index (χ2n) is 31.1. The predicted octanol–water partition coefficient (Wildman–Crippen LogP) is 3.54. The normalized spacial score (nSPS) is 12.1. The second kappa shape index (κ2) is 50.3. The van der Waals surface area contributed by atoms with E-state index in [0.717, 1.165) is 36.5 Å². The van der Waals surface area contributed by atoms with Crippen LogP contribution in [0.25, 0.3) is 21.8 Å². The summed E-state index contributed by atoms with van der Waals surface area (Å²) in [6, 6.07) is 14.8. The van der Waals surface area contributed by atoms with Gasteiger partial charge in [-0.2, -0.15) is 17.5 Å². The number of hydrogen-bond donors (Lipinski definition) is 12. The van der Waals surface area contributed by atoms with Crippen molar-refractivity contribution in [2.45, 2.75) is 167 Å². The Kier molecular flexibility index (Phi) is 39.7. The molecular weight excluding hydrogens is 1710 g/mol. The van der Waals surface area contributed by atoms with Crippen molar-refractivity contribution < 1.29 is 83.7 Å². The monoisotopic (exact) mass is 1830 g/mol. The molecule has 8 aromatic rings. The van der Waals surface area contributed by atoms with Gasteiger partial charge in [0.2, 0.25) is 68.2 Å². The fourth-order valence-corrected chi connectivity index (χ4v) is 17.5. The Morgan fingerprint density at radius 1 is 0.481 bits per heavy atom. The highest BCUT2D eigenvalue weighted by Gasteiger charge is 2.32. The molecule has 12 N–H and O–H groups in total. The van der Waals surface area contributed by atoms with Gasteiger partial charge in [0, 0.05) is 193 Å². The maximum atomic E-state index is 14.1. The molecule has 0 aliphatic rings. The number of carbonyl (C=O) groups is 10. The van der Waals surface area contributed by atoms with Crippen LogP contribution in [-0.2, 0) is 118 Å². The number of nitrogens with one attached hydrogen (secondary N) is 12. The van der Waals surface area contributed by atoms with Crippen LogP contribution >= 0.6 is 0 Å². The smallest absolute Gasteiger partial charge is 0.355 e. The van der Waals surface area contributed by atoms with E-state index in [1.807, 2.05) is 27.9 Å². The van der Waals surface area contributed by atoms with Crippen LogP contribution < -0.4 is 74.1 Å². The van der Waals surface area contributed by atoms with E-state index in [9.17, 15) is 74.4 Å². The fraction of sp³-hybridized carbons (Fsp3) is 0.466. The van der Waals surface area contributed by atoms with Crippen molar-refractivity contribution in [3.63, 3.8) is 0 Å². The molecule has 0 aliphatic heterocycles. The summed E-state index contributed by atoms with van der Waals surface area (Å²) in [6.45, 7) is 12.9. The number of ether oxygens (including phenoxy) is 4. The van der Waals surface area contributed by atoms with Gasteiger partial charge in [-0.15, -0.1) is 0 Å². The van der Waals surface area contributed by atoms with Crippen LogP contribution in [0.5, 0.6) is 0 Å². The number of carbonyl (C=O) groups excluding carboxylic acids is 10. The lowest BCUT2D eigenvalue weighted by atomic mass is 10.1. The van der Waals surface area contributed by atoms with Crippen molar-refractivity contribution in [3.8, 4) is 0 Å². The van der Waals surface area contributed by atoms with Crippen molar-refractivity contribution in [3.05, 3.63) is 174 Å². The molecule has 0 aliphatic carbocycles. The van der Waals surface area contributed by atoms with Gasteiger partial charge in [-0.25, -0.2) is 23.2 Å². The number of fused-ring (bicyclic) bond motifs is 2. The van der Waals surface area contributed by atoms with Crippen LogP contribution in [0.1, 0.15) is 142 Å². The van der Waals surface area contributed by atoms with E-state index in [4.69, 9.17) is 18.9 Å². The van der Waals surface area contributed by atoms with E-state index in [-0.39, 0.29) is 132 Å². The van der Waals surface area contributed by atoms with E-state index >= 15 is 0 Å². The van der Waals surface area contributed by atoms with Gasteiger partial charge >= 0.3 is 11.9 Å². The number of amides is 8. The predicted molar refractivity (Wildman–Crippen MR) is 484 cm³/mol. The Morgan fingerprint density at radius 2 is 0.884 bits per heavy atom. The van der Waals surface area contributed by atoms with Gasteiger partial charge in [-0.1, -0.05) is 47.5 Å². The standard InChI is InChI=1S/C88H119N19O20S2/c1-56-44-58(3)80(59(4)45-56)128(120,121)102-69(85(118)124-10)52-98-82(115)66-54-106(71-48-62(18-20-64(71)78(66)113)50-100-87-96-34-38-104(87)8)36-12-28-90-74(109)24-26-76(111)93-31-15-41-126-40-14-30-92-73(108)23-22-68(89-7)84(117)95-33-17-43-127-42-16-32-94-77(112)27-25-75(110)91-29-13-37-107-55-67(79(114)65-21-19-63(49-72(65)107)51-101-88-97-35-39-105(88)9)83(116)99-53-70(86(119)125-11)103-129(122,123)81-60(5)46-57(2)47-61(81)6/h18-21,34-35,38-39,44-49,54-55,68-69,89,102H,12-17,22-33,36-37,40-43,50-53H2,1-11H3,(H,90,109)(H,91,110)(H,92,108)(H,93,111)(H,94,112)(H,95,117)(H,96,100)(H,97,101)(H,98,115)(H,99,116)/b103-70+/t68?,69-/m0/s1. The minimum Gasteiger partial charge on any atom is -0.468 e. The molecule has 0 fully saturated rings. The first kappa shape index (κ1) is 102. The lowest BCUT2D eigenvalue weighted by Crippen LogP contribution is -2.49. The van der Waals surface area contributed by atoms with E-state index in [2.05, 4.69) is 77.6 Å². The molecule has 0 saturated heterocycles. The summed E-state index contributed by atoms with van der Waals surface area (Å²) >= 11 is 0. The SMILES string of the molecule is CNC(CCC(=O)NCCCOCCCNC(=O)CCC(=O)NCCCn1cc(C(=O)NC[C@H](NS(=O)(=O)c2c(C)cc(C)cc2C)C(=O)OC)c(=O)c2ccc(CNc3nccn3C)cc21)C(=O)NCCCOCCCNC(=O)CCC(=O)NCCCn1cc(C(=O)NC/C(=N\S(=O)(=O)c2c(C)cc(C)cc2C)C(=O)OC)c(=O)c2ccc(CNc3nccn3C)cc21. The lowest BCUT2D eigenvalue weighted by Gasteiger charge is -2.20. The summed E-state index contributed by atoms with van der Waals surface area (Å²) in [6.07, 6.45) is 12.3. The number of anilines is 2. The number of benzene rings is 4. The van der Waals surface area contributed by atoms with Crippen LogP contribution in [0, 0.1) is 41.5 Å². The van der Waals surface area contributed by atoms with Gasteiger partial charge in [0.25, 0.3) is 21.8 Å². The molecule has 0 saturated carbocycles. The summed E-state index contributed by atoms with van der Waals surface area (Å²) in [5, 5.41) is 31.8. The minimum absolute atomic E-state index is 0.0203. The molecule has 2 atom stereocenters. The molecule has 4 aromatic heterocycles. The second-order valence-corrected chi connectivity index (χ2v) is 34.3. The molecule has 129 heavy (non-hydrogen) atoms. The van der Waals surface area contributed by atoms with Crippen LogP contribution in [0.15, 0.2) is 122 Å². The molecule has 0 spiro atoms. The first-order valence-corrected chi connectivity index (χ1v) is 45.5. The highest BCUT2D eigenvalue weighted by Crippen LogP contribution is 2.26. The molecule has 4 aromatic carbocycles. The zero-order chi connectivity index (χ0) is 93.9. The zero-order valence-electron chi connectivity index (χ0n) is 74.8. The Hall–Kier alpha value is -12.6. The highest BCUT2D eigenvalue weighted by atomic mass is 32.2. The summed E-state index contributed by atoms with van der Waals surface area (Å²) in [7, 11) is -1.35. The number of methoxy groups -OCH3 is 2. The number of aryl methyl sites for hydroxylation is 10. The maximum Gasteiger partial charge on any atom is 0.355 e. The Morgan fingerprint density at radius 3 is 1.29 bits per heavy atom. The number of imidazole rings is 2. The van der Waals surface area contributed by atoms with Crippen LogP contribution in [-0.4, -0.2) is 222 Å². The quantitative estimate of drug-likeness (QED) is 0.0147. The van der Waals surface area contributed by atoms with Gasteiger partial charge in [-0.05, 0) is 151 Å². The number of sulfonamides is 2. The molecule has 4 heterocycles. The molecular formula is C88H119N19O20S2. The van der Waals surface area contributed by atoms with Gasteiger partial charge < -0.3 is 95.7 Å². The Balaban J connectivity index is 0.650. The molecule has 39 nitrogen and oxygen atoms in total. The van der Waals surface area contributed by atoms with E-state index in [1.165, 1.54) is 12.4 Å². The maximum absolute atomic E-state index is 14.1. The molecule has 8 amide bonds. The van der Waals surface area contributed by atoms with Crippen molar-refractivity contribution in [1.29, 1.82) is 0 Å². The zero-order valence-corrected chi connectivity index (χ0v) is 76.4. The summed E-state index contributed by atoms with van der Waals surface area (Å²) in [5.41, 5.74) is 3.48. The van der Waals surface area contributed by atoms with Gasteiger partial charge in [0.05, 0.1) is 47.6 Å². The third-order valence-electron chi connectivity index (χ3n) is 20.8. The molecule has 0 radical (unpaired) electrons. The number of pyridine rings is 2. The van der Waals surface area contributed by atoms with E-state index in [0.29, 0.717) is 149 Å². The summed E-state index contributed by atoms with van der Waals surface area (Å²) in [4.78, 5) is 167. The molecule has 698 valence electrons.